The summed E-state index contributed by atoms with van der Waals surface area (Å²) < 4.78 is 0.991. The largest absolute Gasteiger partial charge is 0.331 e. The van der Waals surface area contributed by atoms with Crippen molar-refractivity contribution in [3.8, 4) is 0 Å². The van der Waals surface area contributed by atoms with E-state index in [1.807, 2.05) is 63.2 Å². The molecule has 2 aromatic rings. The molecule has 0 radical (unpaired) electrons. The van der Waals surface area contributed by atoms with E-state index in [0.717, 1.165) is 26.9 Å². The molecule has 0 aliphatic rings. The molecular weight excluding hydrogens is 328 g/mol. The Morgan fingerprint density at radius 3 is 2.29 bits per heavy atom. The first kappa shape index (κ1) is 15.6. The molecule has 2 rings (SSSR count). The Morgan fingerprint density at radius 2 is 1.67 bits per heavy atom. The van der Waals surface area contributed by atoms with Crippen LogP contribution in [-0.2, 0) is 0 Å². The van der Waals surface area contributed by atoms with Gasteiger partial charge in [0.2, 0.25) is 0 Å². The van der Waals surface area contributed by atoms with Crippen LogP contribution >= 0.6 is 15.9 Å². The summed E-state index contributed by atoms with van der Waals surface area (Å²) in [6.07, 6.45) is 0. The van der Waals surface area contributed by atoms with E-state index in [1.165, 1.54) is 0 Å². The van der Waals surface area contributed by atoms with Crippen LogP contribution in [0.2, 0.25) is 0 Å². The highest BCUT2D eigenvalue weighted by atomic mass is 79.9. The van der Waals surface area contributed by atoms with Gasteiger partial charge in [-0.1, -0.05) is 52.3 Å². The molecule has 0 spiro atoms. The highest BCUT2D eigenvalue weighted by Gasteiger charge is 2.13. The SMILES string of the molecule is Cc1cccc(C)c1NC(=O)N[C@@H](C)c1ccccc1Br. The van der Waals surface area contributed by atoms with Crippen LogP contribution in [0.25, 0.3) is 0 Å². The fourth-order valence-corrected chi connectivity index (χ4v) is 2.89. The van der Waals surface area contributed by atoms with Crippen molar-refractivity contribution in [3.05, 3.63) is 63.6 Å². The summed E-state index contributed by atoms with van der Waals surface area (Å²) in [5.41, 5.74) is 4.03. The van der Waals surface area contributed by atoms with E-state index in [2.05, 4.69) is 26.6 Å². The average molecular weight is 347 g/mol. The van der Waals surface area contributed by atoms with Crippen LogP contribution in [0.15, 0.2) is 46.9 Å². The zero-order valence-electron chi connectivity index (χ0n) is 12.4. The smallest absolute Gasteiger partial charge is 0.319 e. The molecule has 2 aromatic carbocycles. The van der Waals surface area contributed by atoms with Crippen molar-refractivity contribution in [2.75, 3.05) is 5.32 Å². The van der Waals surface area contributed by atoms with Crippen LogP contribution < -0.4 is 10.6 Å². The number of para-hydroxylation sites is 1. The van der Waals surface area contributed by atoms with Gasteiger partial charge in [-0.2, -0.15) is 0 Å². The van der Waals surface area contributed by atoms with Gasteiger partial charge >= 0.3 is 6.03 Å². The quantitative estimate of drug-likeness (QED) is 0.811. The van der Waals surface area contributed by atoms with Crippen molar-refractivity contribution in [3.63, 3.8) is 0 Å². The Bertz CT molecular complexity index is 635. The molecule has 0 bridgehead atoms. The number of hydrogen-bond acceptors (Lipinski definition) is 1. The van der Waals surface area contributed by atoms with Gasteiger partial charge in [-0.3, -0.25) is 0 Å². The van der Waals surface area contributed by atoms with E-state index in [9.17, 15) is 4.79 Å². The molecule has 0 aliphatic carbocycles. The summed E-state index contributed by atoms with van der Waals surface area (Å²) in [4.78, 5) is 12.2. The van der Waals surface area contributed by atoms with E-state index in [1.54, 1.807) is 0 Å². The van der Waals surface area contributed by atoms with Gasteiger partial charge in [0.05, 0.1) is 6.04 Å². The van der Waals surface area contributed by atoms with E-state index in [4.69, 9.17) is 0 Å². The van der Waals surface area contributed by atoms with E-state index >= 15 is 0 Å². The van der Waals surface area contributed by atoms with Crippen molar-refractivity contribution >= 4 is 27.6 Å². The number of aryl methyl sites for hydroxylation is 2. The van der Waals surface area contributed by atoms with Gasteiger partial charge in [-0.25, -0.2) is 4.79 Å². The molecular formula is C17H19BrN2O. The Balaban J connectivity index is 2.07. The molecule has 3 nitrogen and oxygen atoms in total. The summed E-state index contributed by atoms with van der Waals surface area (Å²) in [7, 11) is 0. The molecule has 2 amide bonds. The maximum absolute atomic E-state index is 12.2. The van der Waals surface area contributed by atoms with Gasteiger partial charge in [0.15, 0.2) is 0 Å². The predicted octanol–water partition coefficient (Wildman–Crippen LogP) is 4.95. The molecule has 0 aliphatic heterocycles. The van der Waals surface area contributed by atoms with E-state index in [0.29, 0.717) is 0 Å². The molecule has 21 heavy (non-hydrogen) atoms. The van der Waals surface area contributed by atoms with Gasteiger partial charge in [-0.05, 0) is 43.5 Å². The first-order chi connectivity index (χ1) is 9.99. The Morgan fingerprint density at radius 1 is 1.05 bits per heavy atom. The van der Waals surface area contributed by atoms with E-state index in [-0.39, 0.29) is 12.1 Å². The minimum atomic E-state index is -0.198. The van der Waals surface area contributed by atoms with Crippen LogP contribution in [0.3, 0.4) is 0 Å². The molecule has 1 atom stereocenters. The molecule has 2 N–H and O–H groups in total. The summed E-state index contributed by atoms with van der Waals surface area (Å²) in [5.74, 6) is 0. The number of benzene rings is 2. The normalized spacial score (nSPS) is 11.8. The average Bonchev–Trinajstić information content (AvgIpc) is 2.43. The second-order valence-electron chi connectivity index (χ2n) is 5.11. The number of urea groups is 1. The third kappa shape index (κ3) is 3.85. The van der Waals surface area contributed by atoms with Gasteiger partial charge < -0.3 is 10.6 Å². The molecule has 0 heterocycles. The lowest BCUT2D eigenvalue weighted by molar-refractivity contribution is 0.249. The van der Waals surface area contributed by atoms with Crippen molar-refractivity contribution in [1.82, 2.24) is 5.32 Å². The van der Waals surface area contributed by atoms with Gasteiger partial charge in [0.25, 0.3) is 0 Å². The molecule has 0 saturated carbocycles. The van der Waals surface area contributed by atoms with Crippen LogP contribution in [0.1, 0.15) is 29.7 Å². The third-order valence-electron chi connectivity index (χ3n) is 3.44. The van der Waals surface area contributed by atoms with Gasteiger partial charge in [0.1, 0.15) is 0 Å². The summed E-state index contributed by atoms with van der Waals surface area (Å²) in [6.45, 7) is 5.93. The molecule has 110 valence electrons. The topological polar surface area (TPSA) is 41.1 Å². The highest BCUT2D eigenvalue weighted by Crippen LogP contribution is 2.23. The number of amides is 2. The summed E-state index contributed by atoms with van der Waals surface area (Å²) in [5, 5.41) is 5.89. The van der Waals surface area contributed by atoms with Crippen LogP contribution in [0, 0.1) is 13.8 Å². The minimum Gasteiger partial charge on any atom is -0.331 e. The monoisotopic (exact) mass is 346 g/mol. The second kappa shape index (κ2) is 6.76. The predicted molar refractivity (Wildman–Crippen MR) is 90.6 cm³/mol. The fraction of sp³-hybridized carbons (Fsp3) is 0.235. The molecule has 0 fully saturated rings. The first-order valence-corrected chi connectivity index (χ1v) is 7.66. The number of anilines is 1. The Kier molecular flexibility index (Phi) is 5.02. The maximum atomic E-state index is 12.2. The third-order valence-corrected chi connectivity index (χ3v) is 4.16. The number of nitrogens with one attached hydrogen (secondary N) is 2. The van der Waals surface area contributed by atoms with Gasteiger partial charge in [0, 0.05) is 10.2 Å². The van der Waals surface area contributed by atoms with Crippen LogP contribution in [0.5, 0.6) is 0 Å². The number of carbonyl (C=O) groups is 1. The van der Waals surface area contributed by atoms with Crippen LogP contribution in [0.4, 0.5) is 10.5 Å². The summed E-state index contributed by atoms with van der Waals surface area (Å²) in [6, 6.07) is 13.6. The lowest BCUT2D eigenvalue weighted by Gasteiger charge is -2.18. The standard InChI is InChI=1S/C17H19BrN2O/c1-11-7-6-8-12(2)16(11)20-17(21)19-13(3)14-9-4-5-10-15(14)18/h4-10,13H,1-3H3,(H2,19,20,21)/t13-/m0/s1. The number of halogens is 1. The fourth-order valence-electron chi connectivity index (χ4n) is 2.26. The number of carbonyl (C=O) groups excluding carboxylic acids is 1. The number of rotatable bonds is 3. The Labute approximate surface area is 133 Å². The van der Waals surface area contributed by atoms with Gasteiger partial charge in [-0.15, -0.1) is 0 Å². The molecule has 0 unspecified atom stereocenters. The lowest BCUT2D eigenvalue weighted by Crippen LogP contribution is -2.31. The lowest BCUT2D eigenvalue weighted by atomic mass is 10.1. The molecule has 0 saturated heterocycles. The van der Waals surface area contributed by atoms with E-state index < -0.39 is 0 Å². The zero-order valence-corrected chi connectivity index (χ0v) is 14.0. The Hall–Kier alpha value is -1.81. The van der Waals surface area contributed by atoms with Crippen LogP contribution in [-0.4, -0.2) is 6.03 Å². The number of hydrogen-bond donors (Lipinski definition) is 2. The van der Waals surface area contributed by atoms with Crippen molar-refractivity contribution < 1.29 is 4.79 Å². The first-order valence-electron chi connectivity index (χ1n) is 6.87. The van der Waals surface area contributed by atoms with Crippen molar-refractivity contribution in [1.29, 1.82) is 0 Å². The van der Waals surface area contributed by atoms with Crippen molar-refractivity contribution in [2.45, 2.75) is 26.8 Å². The summed E-state index contributed by atoms with van der Waals surface area (Å²) >= 11 is 3.51. The maximum Gasteiger partial charge on any atom is 0.319 e. The second-order valence-corrected chi connectivity index (χ2v) is 5.96. The molecule has 4 heteroatoms. The highest BCUT2D eigenvalue weighted by molar-refractivity contribution is 9.10. The molecule has 0 aromatic heterocycles. The zero-order chi connectivity index (χ0) is 15.4. The minimum absolute atomic E-state index is 0.0788. The van der Waals surface area contributed by atoms with Crippen molar-refractivity contribution in [2.24, 2.45) is 0 Å².